The van der Waals surface area contributed by atoms with E-state index in [1.807, 2.05) is 0 Å². The van der Waals surface area contributed by atoms with Crippen LogP contribution in [0.5, 0.6) is 0 Å². The topological polar surface area (TPSA) is 110 Å². The molecule has 0 spiro atoms. The van der Waals surface area contributed by atoms with Crippen molar-refractivity contribution in [1.29, 1.82) is 0 Å². The molecule has 0 rings (SSSR count). The van der Waals surface area contributed by atoms with Crippen LogP contribution in [0, 0.1) is 0 Å². The first-order valence-electron chi connectivity index (χ1n) is 29.4. The molecule has 390 valence electrons. The van der Waals surface area contributed by atoms with Gasteiger partial charge in [0.1, 0.15) is 12.2 Å². The normalized spacial score (nSPS) is 14.0. The van der Waals surface area contributed by atoms with Gasteiger partial charge in [-0.3, -0.25) is 4.79 Å². The summed E-state index contributed by atoms with van der Waals surface area (Å²) >= 11 is 0. The van der Waals surface area contributed by atoms with Crippen LogP contribution in [0.25, 0.3) is 0 Å². The van der Waals surface area contributed by atoms with Crippen LogP contribution in [0.1, 0.15) is 309 Å². The van der Waals surface area contributed by atoms with Crippen molar-refractivity contribution in [1.82, 2.24) is 5.32 Å². The van der Waals surface area contributed by atoms with E-state index in [4.69, 9.17) is 0 Å². The molecule has 0 aromatic heterocycles. The number of carbonyl (C=O) groups is 1. The number of unbranched alkanes of at least 4 members (excludes halogenated alkanes) is 39. The van der Waals surface area contributed by atoms with E-state index in [0.29, 0.717) is 19.3 Å². The number of aliphatic hydroxyl groups is 4. The maximum atomic E-state index is 12.6. The summed E-state index contributed by atoms with van der Waals surface area (Å²) in [6.07, 6.45) is 67.9. The van der Waals surface area contributed by atoms with Crippen LogP contribution in [0.3, 0.4) is 0 Å². The zero-order valence-electron chi connectivity index (χ0n) is 44.2. The molecule has 0 heterocycles. The zero-order chi connectivity index (χ0) is 48.1. The molecule has 0 aliphatic heterocycles. The van der Waals surface area contributed by atoms with Crippen molar-refractivity contribution in [3.8, 4) is 0 Å². The van der Waals surface area contributed by atoms with E-state index in [1.54, 1.807) is 0 Å². The molecule has 0 bridgehead atoms. The lowest BCUT2D eigenvalue weighted by atomic mass is 10.00. The van der Waals surface area contributed by atoms with Crippen molar-refractivity contribution in [2.24, 2.45) is 0 Å². The highest BCUT2D eigenvalue weighted by atomic mass is 16.3. The predicted molar refractivity (Wildman–Crippen MR) is 288 cm³/mol. The summed E-state index contributed by atoms with van der Waals surface area (Å²) in [5, 5.41) is 44.0. The second-order valence-electron chi connectivity index (χ2n) is 20.3. The summed E-state index contributed by atoms with van der Waals surface area (Å²) in [7, 11) is 0. The van der Waals surface area contributed by atoms with Crippen molar-refractivity contribution >= 4 is 5.91 Å². The van der Waals surface area contributed by atoms with Gasteiger partial charge in [0.15, 0.2) is 0 Å². The largest absolute Gasteiger partial charge is 0.394 e. The summed E-state index contributed by atoms with van der Waals surface area (Å²) in [6.45, 7) is 4.07. The van der Waals surface area contributed by atoms with E-state index in [-0.39, 0.29) is 0 Å². The molecular weight excluding hydrogens is 815 g/mol. The molecule has 0 aliphatic carbocycles. The minimum atomic E-state index is -1.29. The van der Waals surface area contributed by atoms with E-state index in [0.717, 1.165) is 38.5 Å². The third-order valence-electron chi connectivity index (χ3n) is 13.8. The first kappa shape index (κ1) is 64.5. The van der Waals surface area contributed by atoms with Crippen LogP contribution >= 0.6 is 0 Å². The lowest BCUT2D eigenvalue weighted by Crippen LogP contribution is -2.53. The zero-order valence-corrected chi connectivity index (χ0v) is 44.2. The fraction of sp³-hybridized carbons (Fsp3) is 0.883. The third kappa shape index (κ3) is 47.6. The highest BCUT2D eigenvalue weighted by Crippen LogP contribution is 2.17. The Labute approximate surface area is 411 Å². The first-order chi connectivity index (χ1) is 32.5. The first-order valence-corrected chi connectivity index (χ1v) is 29.4. The molecule has 0 aromatic rings. The molecule has 0 radical (unpaired) electrons. The molecule has 0 saturated heterocycles. The van der Waals surface area contributed by atoms with Crippen LogP contribution in [0.15, 0.2) is 36.5 Å². The monoisotopic (exact) mass is 930 g/mol. The maximum Gasteiger partial charge on any atom is 0.249 e. The SMILES string of the molecule is CCCCCCCCCCCCCC/C=C\CCCCCCCCCCCCCCC(O)C(=O)NC(CO)C(O)C(O)CCC/C=C/CC/C=C/CCCCCCCCCCCCCCC. The number of rotatable bonds is 54. The third-order valence-corrected chi connectivity index (χ3v) is 13.8. The van der Waals surface area contributed by atoms with Crippen LogP contribution in [-0.2, 0) is 4.79 Å². The fourth-order valence-corrected chi connectivity index (χ4v) is 9.18. The minimum Gasteiger partial charge on any atom is -0.394 e. The molecule has 4 unspecified atom stereocenters. The van der Waals surface area contributed by atoms with E-state index >= 15 is 0 Å². The Kier molecular flexibility index (Phi) is 53.3. The van der Waals surface area contributed by atoms with Crippen LogP contribution in [-0.4, -0.2) is 57.3 Å². The molecule has 5 N–H and O–H groups in total. The van der Waals surface area contributed by atoms with Gasteiger partial charge in [-0.25, -0.2) is 0 Å². The van der Waals surface area contributed by atoms with Gasteiger partial charge in [0.2, 0.25) is 5.91 Å². The number of amides is 1. The van der Waals surface area contributed by atoms with Gasteiger partial charge in [0.25, 0.3) is 0 Å². The molecule has 6 nitrogen and oxygen atoms in total. The van der Waals surface area contributed by atoms with Gasteiger partial charge in [-0.05, 0) is 77.0 Å². The highest BCUT2D eigenvalue weighted by Gasteiger charge is 2.28. The Morgan fingerprint density at radius 3 is 0.955 bits per heavy atom. The van der Waals surface area contributed by atoms with Gasteiger partial charge < -0.3 is 25.7 Å². The van der Waals surface area contributed by atoms with Gasteiger partial charge >= 0.3 is 0 Å². The Hall–Kier alpha value is -1.47. The van der Waals surface area contributed by atoms with Crippen molar-refractivity contribution in [3.05, 3.63) is 36.5 Å². The van der Waals surface area contributed by atoms with Gasteiger partial charge in [-0.1, -0.05) is 269 Å². The molecule has 0 aliphatic rings. The Morgan fingerprint density at radius 1 is 0.364 bits per heavy atom. The number of hydrogen-bond acceptors (Lipinski definition) is 5. The summed E-state index contributed by atoms with van der Waals surface area (Å²) in [5.74, 6) is -0.594. The molecule has 4 atom stereocenters. The van der Waals surface area contributed by atoms with Gasteiger partial charge in [-0.15, -0.1) is 0 Å². The second-order valence-corrected chi connectivity index (χ2v) is 20.3. The average Bonchev–Trinajstić information content (AvgIpc) is 3.32. The lowest BCUT2D eigenvalue weighted by Gasteiger charge is -2.27. The van der Waals surface area contributed by atoms with Crippen molar-refractivity contribution in [2.45, 2.75) is 334 Å². The molecule has 0 saturated carbocycles. The van der Waals surface area contributed by atoms with Crippen molar-refractivity contribution < 1.29 is 25.2 Å². The standard InChI is InChI=1S/C60H115NO5/c1-3-5-7-9-11-13-15-17-19-21-23-25-27-28-29-30-31-32-34-36-38-40-42-44-46-48-50-52-54-58(64)60(66)61-56(55-62)59(65)57(63)53-51-49-47-45-43-41-39-37-35-33-26-24-22-20-18-16-14-12-10-8-6-4-2/h28-29,37,39,45,47,56-59,62-65H,3-27,30-36,38,40-44,46,48-55H2,1-2H3,(H,61,66)/b29-28-,39-37+,47-45+. The summed E-state index contributed by atoms with van der Waals surface area (Å²) < 4.78 is 0. The lowest BCUT2D eigenvalue weighted by molar-refractivity contribution is -0.132. The van der Waals surface area contributed by atoms with E-state index < -0.39 is 36.9 Å². The van der Waals surface area contributed by atoms with E-state index in [9.17, 15) is 25.2 Å². The molecule has 0 aromatic carbocycles. The average molecular weight is 931 g/mol. The smallest absolute Gasteiger partial charge is 0.249 e. The second kappa shape index (κ2) is 54.5. The van der Waals surface area contributed by atoms with Crippen molar-refractivity contribution in [2.75, 3.05) is 6.61 Å². The quantitative estimate of drug-likeness (QED) is 0.0308. The molecule has 66 heavy (non-hydrogen) atoms. The highest BCUT2D eigenvalue weighted by molar-refractivity contribution is 5.80. The van der Waals surface area contributed by atoms with Crippen LogP contribution < -0.4 is 5.32 Å². The number of nitrogens with one attached hydrogen (secondary N) is 1. The molecule has 6 heteroatoms. The van der Waals surface area contributed by atoms with Crippen LogP contribution in [0.4, 0.5) is 0 Å². The number of hydrogen-bond donors (Lipinski definition) is 5. The van der Waals surface area contributed by atoms with Crippen LogP contribution in [0.2, 0.25) is 0 Å². The fourth-order valence-electron chi connectivity index (χ4n) is 9.18. The van der Waals surface area contributed by atoms with Gasteiger partial charge in [0.05, 0.1) is 18.8 Å². The predicted octanol–water partition coefficient (Wildman–Crippen LogP) is 17.2. The van der Waals surface area contributed by atoms with E-state index in [2.05, 4.69) is 55.6 Å². The molecule has 1 amide bonds. The Bertz CT molecular complexity index is 1040. The summed E-state index contributed by atoms with van der Waals surface area (Å²) in [4.78, 5) is 12.6. The maximum absolute atomic E-state index is 12.6. The number of aliphatic hydroxyl groups excluding tert-OH is 4. The summed E-state index contributed by atoms with van der Waals surface area (Å²) in [6, 6.07) is -1.01. The number of allylic oxidation sites excluding steroid dienone is 6. The molecular formula is C60H115NO5. The number of carbonyl (C=O) groups excluding carboxylic acids is 1. The van der Waals surface area contributed by atoms with Gasteiger partial charge in [-0.2, -0.15) is 0 Å². The minimum absolute atomic E-state index is 0.361. The van der Waals surface area contributed by atoms with Gasteiger partial charge in [0, 0.05) is 0 Å². The molecule has 0 fully saturated rings. The van der Waals surface area contributed by atoms with E-state index in [1.165, 1.54) is 238 Å². The Morgan fingerprint density at radius 2 is 0.636 bits per heavy atom. The Balaban J connectivity index is 3.66. The summed E-state index contributed by atoms with van der Waals surface area (Å²) in [5.41, 5.74) is 0. The van der Waals surface area contributed by atoms with Crippen molar-refractivity contribution in [3.63, 3.8) is 0 Å².